The van der Waals surface area contributed by atoms with Gasteiger partial charge in [-0.3, -0.25) is 9.59 Å². The fourth-order valence-corrected chi connectivity index (χ4v) is 5.33. The number of rotatable bonds is 6. The Kier molecular flexibility index (Phi) is 6.59. The summed E-state index contributed by atoms with van der Waals surface area (Å²) in [6, 6.07) is 0. The van der Waals surface area contributed by atoms with Gasteiger partial charge < -0.3 is 15.2 Å². The van der Waals surface area contributed by atoms with Crippen LogP contribution >= 0.6 is 11.3 Å². The number of H-pyrrole nitrogens is 1. The van der Waals surface area contributed by atoms with Crippen molar-refractivity contribution in [2.24, 2.45) is 5.92 Å². The summed E-state index contributed by atoms with van der Waals surface area (Å²) in [6.07, 6.45) is 11.8. The third-order valence-electron chi connectivity index (χ3n) is 6.10. The molecule has 7 nitrogen and oxygen atoms in total. The first-order chi connectivity index (χ1) is 14.2. The Hall–Kier alpha value is -2.22. The number of thiazole rings is 1. The molecular weight excluding hydrogens is 386 g/mol. The highest BCUT2D eigenvalue weighted by atomic mass is 32.1. The topological polar surface area (TPSA) is 91.0 Å². The number of imidazole rings is 1. The first-order valence-corrected chi connectivity index (χ1v) is 11.6. The van der Waals surface area contributed by atoms with Gasteiger partial charge in [-0.05, 0) is 25.7 Å². The van der Waals surface area contributed by atoms with Gasteiger partial charge in [-0.25, -0.2) is 9.97 Å². The highest BCUT2D eigenvalue weighted by molar-refractivity contribution is 7.09. The summed E-state index contributed by atoms with van der Waals surface area (Å²) in [5, 5.41) is 5.79. The number of amides is 2. The third kappa shape index (κ3) is 5.04. The van der Waals surface area contributed by atoms with Gasteiger partial charge in [-0.1, -0.05) is 19.3 Å². The van der Waals surface area contributed by atoms with Crippen molar-refractivity contribution in [1.29, 1.82) is 0 Å². The number of piperidine rings is 1. The predicted molar refractivity (Wildman–Crippen MR) is 112 cm³/mol. The lowest BCUT2D eigenvalue weighted by atomic mass is 9.87. The molecule has 0 unspecified atom stereocenters. The van der Waals surface area contributed by atoms with E-state index in [9.17, 15) is 9.59 Å². The van der Waals surface area contributed by atoms with Gasteiger partial charge >= 0.3 is 0 Å². The average molecular weight is 416 g/mol. The number of aromatic nitrogens is 3. The zero-order valence-electron chi connectivity index (χ0n) is 16.7. The molecule has 2 amide bonds. The van der Waals surface area contributed by atoms with Crippen molar-refractivity contribution < 1.29 is 9.59 Å². The molecule has 2 aromatic heterocycles. The number of carbonyl (C=O) groups excluding carboxylic acids is 2. The molecule has 0 aromatic carbocycles. The molecule has 1 saturated carbocycles. The van der Waals surface area contributed by atoms with Gasteiger partial charge in [0.25, 0.3) is 5.91 Å². The van der Waals surface area contributed by atoms with Crippen LogP contribution in [-0.4, -0.2) is 51.3 Å². The van der Waals surface area contributed by atoms with E-state index in [1.807, 2.05) is 5.38 Å². The van der Waals surface area contributed by atoms with Crippen LogP contribution in [0.1, 0.15) is 72.1 Å². The number of nitrogens with zero attached hydrogens (tertiary/aromatic N) is 3. The largest absolute Gasteiger partial charge is 0.350 e. The van der Waals surface area contributed by atoms with Gasteiger partial charge in [0.15, 0.2) is 0 Å². The van der Waals surface area contributed by atoms with Crippen LogP contribution in [0.2, 0.25) is 0 Å². The van der Waals surface area contributed by atoms with Crippen molar-refractivity contribution in [2.45, 2.75) is 57.3 Å². The second-order valence-electron chi connectivity index (χ2n) is 8.09. The second kappa shape index (κ2) is 9.52. The van der Waals surface area contributed by atoms with E-state index in [4.69, 9.17) is 0 Å². The van der Waals surface area contributed by atoms with Crippen LogP contribution in [0.15, 0.2) is 17.9 Å². The zero-order chi connectivity index (χ0) is 20.1. The van der Waals surface area contributed by atoms with Gasteiger partial charge in [0.1, 0.15) is 5.69 Å². The summed E-state index contributed by atoms with van der Waals surface area (Å²) in [7, 11) is 0. The molecule has 2 aromatic rings. The van der Waals surface area contributed by atoms with Gasteiger partial charge in [0.2, 0.25) is 5.91 Å². The van der Waals surface area contributed by atoms with Crippen LogP contribution < -0.4 is 5.32 Å². The molecule has 0 bridgehead atoms. The van der Waals surface area contributed by atoms with Gasteiger partial charge in [0, 0.05) is 55.2 Å². The van der Waals surface area contributed by atoms with E-state index in [0.29, 0.717) is 24.1 Å². The summed E-state index contributed by atoms with van der Waals surface area (Å²) < 4.78 is 0. The van der Waals surface area contributed by atoms with Gasteiger partial charge in [-0.2, -0.15) is 0 Å². The number of likely N-dealkylation sites (tertiary alicyclic amines) is 1. The summed E-state index contributed by atoms with van der Waals surface area (Å²) in [4.78, 5) is 38.7. The van der Waals surface area contributed by atoms with Crippen LogP contribution in [0.4, 0.5) is 0 Å². The monoisotopic (exact) mass is 415 g/mol. The molecule has 4 rings (SSSR count). The minimum absolute atomic E-state index is 0.128. The highest BCUT2D eigenvalue weighted by Crippen LogP contribution is 2.32. The Bertz CT molecular complexity index is 805. The summed E-state index contributed by atoms with van der Waals surface area (Å²) >= 11 is 1.56. The molecule has 2 aliphatic rings. The number of hydrogen-bond donors (Lipinski definition) is 2. The Morgan fingerprint density at radius 3 is 2.69 bits per heavy atom. The first-order valence-electron chi connectivity index (χ1n) is 10.7. The Morgan fingerprint density at radius 2 is 1.97 bits per heavy atom. The van der Waals surface area contributed by atoms with E-state index in [0.717, 1.165) is 55.9 Å². The average Bonchev–Trinajstić information content (AvgIpc) is 3.46. The summed E-state index contributed by atoms with van der Waals surface area (Å²) in [5.41, 5.74) is 1.49. The van der Waals surface area contributed by atoms with Gasteiger partial charge in [0.05, 0.1) is 11.3 Å². The Morgan fingerprint density at radius 1 is 1.17 bits per heavy atom. The zero-order valence-corrected chi connectivity index (χ0v) is 17.5. The minimum Gasteiger partial charge on any atom is -0.350 e. The summed E-state index contributed by atoms with van der Waals surface area (Å²) in [5.74, 6) is 0.829. The molecule has 29 heavy (non-hydrogen) atoms. The van der Waals surface area contributed by atoms with Crippen LogP contribution in [-0.2, 0) is 11.2 Å². The van der Waals surface area contributed by atoms with Gasteiger partial charge in [-0.15, -0.1) is 11.3 Å². The lowest BCUT2D eigenvalue weighted by Gasteiger charge is -2.34. The van der Waals surface area contributed by atoms with Crippen molar-refractivity contribution in [3.05, 3.63) is 34.3 Å². The van der Waals surface area contributed by atoms with E-state index in [-0.39, 0.29) is 11.8 Å². The molecule has 0 spiro atoms. The third-order valence-corrected chi connectivity index (χ3v) is 7.11. The van der Waals surface area contributed by atoms with E-state index in [2.05, 4.69) is 25.2 Å². The molecule has 0 atom stereocenters. The molecule has 0 radical (unpaired) electrons. The lowest BCUT2D eigenvalue weighted by molar-refractivity contribution is -0.137. The van der Waals surface area contributed by atoms with Crippen molar-refractivity contribution in [2.75, 3.05) is 19.6 Å². The maximum atomic E-state index is 12.7. The molecule has 8 heteroatoms. The van der Waals surface area contributed by atoms with Crippen molar-refractivity contribution >= 4 is 23.2 Å². The van der Waals surface area contributed by atoms with E-state index in [1.54, 1.807) is 23.9 Å². The van der Waals surface area contributed by atoms with E-state index < -0.39 is 0 Å². The Labute approximate surface area is 175 Å². The van der Waals surface area contributed by atoms with Crippen molar-refractivity contribution in [1.82, 2.24) is 25.2 Å². The SMILES string of the molecule is O=C(NCCc1cnc[nH]1)c1csc(C2CCN(C(=O)C3CCCCC3)CC2)n1. The van der Waals surface area contributed by atoms with Crippen molar-refractivity contribution in [3.8, 4) is 0 Å². The van der Waals surface area contributed by atoms with Crippen LogP contribution in [0.25, 0.3) is 0 Å². The predicted octanol–water partition coefficient (Wildman–Crippen LogP) is 3.13. The number of aromatic amines is 1. The second-order valence-corrected chi connectivity index (χ2v) is 8.98. The maximum Gasteiger partial charge on any atom is 0.270 e. The normalized spacial score (nSPS) is 18.7. The quantitative estimate of drug-likeness (QED) is 0.758. The lowest BCUT2D eigenvalue weighted by Crippen LogP contribution is -2.41. The Balaban J connectivity index is 1.24. The number of hydrogen-bond acceptors (Lipinski definition) is 5. The molecule has 1 aliphatic carbocycles. The molecular formula is C21H29N5O2S. The van der Waals surface area contributed by atoms with E-state index in [1.165, 1.54) is 19.3 Å². The maximum absolute atomic E-state index is 12.7. The fraction of sp³-hybridized carbons (Fsp3) is 0.619. The molecule has 1 saturated heterocycles. The molecule has 156 valence electrons. The van der Waals surface area contributed by atoms with Crippen molar-refractivity contribution in [3.63, 3.8) is 0 Å². The standard InChI is InChI=1S/C21H29N5O2S/c27-19(23-9-6-17-12-22-14-24-17)18-13-29-20(25-18)15-7-10-26(11-8-15)21(28)16-4-2-1-3-5-16/h12-16H,1-11H2,(H,22,24)(H,23,27). The first kappa shape index (κ1) is 20.1. The highest BCUT2D eigenvalue weighted by Gasteiger charge is 2.30. The molecule has 1 aliphatic heterocycles. The molecule has 3 heterocycles. The van der Waals surface area contributed by atoms with Crippen LogP contribution in [0.3, 0.4) is 0 Å². The van der Waals surface area contributed by atoms with Crippen LogP contribution in [0, 0.1) is 5.92 Å². The molecule has 2 fully saturated rings. The number of nitrogens with one attached hydrogen (secondary N) is 2. The molecule has 2 N–H and O–H groups in total. The fourth-order valence-electron chi connectivity index (χ4n) is 4.36. The van der Waals surface area contributed by atoms with E-state index >= 15 is 0 Å². The van der Waals surface area contributed by atoms with Crippen LogP contribution in [0.5, 0.6) is 0 Å². The minimum atomic E-state index is -0.128. The smallest absolute Gasteiger partial charge is 0.270 e. The summed E-state index contributed by atoms with van der Waals surface area (Å²) in [6.45, 7) is 2.17. The number of carbonyl (C=O) groups is 2.